The predicted molar refractivity (Wildman–Crippen MR) is 101 cm³/mol. The summed E-state index contributed by atoms with van der Waals surface area (Å²) in [6.07, 6.45) is 1.56. The highest BCUT2D eigenvalue weighted by atomic mass is 35.5. The minimum absolute atomic E-state index is 0.214. The van der Waals surface area contributed by atoms with Crippen molar-refractivity contribution in [1.29, 1.82) is 5.26 Å². The molecule has 2 aromatic rings. The van der Waals surface area contributed by atoms with Crippen LogP contribution in [0.5, 0.6) is 0 Å². The smallest absolute Gasteiger partial charge is 0.251 e. The first-order chi connectivity index (χ1) is 12.5. The normalized spacial score (nSPS) is 19.6. The van der Waals surface area contributed by atoms with Crippen LogP contribution in [0.4, 0.5) is 0 Å². The number of rotatable bonds is 4. The molecule has 1 saturated heterocycles. The standard InChI is InChI=1S/C20H20ClN3O2/c21-18-10-15(5-6-17(18)11-22)14-3-1-4-16(9-14)19(25)24-13-20(26)7-2-8-23-12-20/h1,3-6,9-10,23,26H,2,7-8,12-13H2,(H,24,25)/t20-/m1/s1. The first-order valence-electron chi connectivity index (χ1n) is 8.52. The fourth-order valence-corrected chi connectivity index (χ4v) is 3.30. The van der Waals surface area contributed by atoms with Gasteiger partial charge in [0.1, 0.15) is 6.07 Å². The van der Waals surface area contributed by atoms with Crippen LogP contribution in [-0.4, -0.2) is 36.2 Å². The Labute approximate surface area is 157 Å². The van der Waals surface area contributed by atoms with E-state index < -0.39 is 5.60 Å². The van der Waals surface area contributed by atoms with Gasteiger partial charge in [-0.2, -0.15) is 5.26 Å². The molecule has 0 unspecified atom stereocenters. The van der Waals surface area contributed by atoms with E-state index in [-0.39, 0.29) is 12.5 Å². The van der Waals surface area contributed by atoms with Crippen molar-refractivity contribution in [3.05, 3.63) is 58.6 Å². The molecule has 26 heavy (non-hydrogen) atoms. The van der Waals surface area contributed by atoms with E-state index in [1.807, 2.05) is 12.1 Å². The van der Waals surface area contributed by atoms with E-state index in [4.69, 9.17) is 16.9 Å². The summed E-state index contributed by atoms with van der Waals surface area (Å²) in [5, 5.41) is 25.8. The lowest BCUT2D eigenvalue weighted by molar-refractivity contribution is 0.0170. The maximum atomic E-state index is 12.5. The highest BCUT2D eigenvalue weighted by Crippen LogP contribution is 2.26. The molecule has 0 bridgehead atoms. The molecular weight excluding hydrogens is 350 g/mol. The molecule has 0 saturated carbocycles. The van der Waals surface area contributed by atoms with Crippen LogP contribution in [0.2, 0.25) is 5.02 Å². The number of halogens is 1. The molecule has 1 fully saturated rings. The van der Waals surface area contributed by atoms with Crippen LogP contribution in [0.25, 0.3) is 11.1 Å². The average molecular weight is 370 g/mol. The van der Waals surface area contributed by atoms with Gasteiger partial charge in [0.15, 0.2) is 0 Å². The molecule has 0 spiro atoms. The number of nitrogens with zero attached hydrogens (tertiary/aromatic N) is 1. The molecule has 2 aromatic carbocycles. The molecule has 1 aliphatic rings. The van der Waals surface area contributed by atoms with Gasteiger partial charge in [0.05, 0.1) is 16.2 Å². The van der Waals surface area contributed by atoms with Crippen molar-refractivity contribution in [1.82, 2.24) is 10.6 Å². The number of hydrogen-bond acceptors (Lipinski definition) is 4. The molecule has 1 heterocycles. The molecule has 0 radical (unpaired) electrons. The van der Waals surface area contributed by atoms with Gasteiger partial charge in [-0.25, -0.2) is 0 Å². The average Bonchev–Trinajstić information content (AvgIpc) is 2.67. The number of hydrogen-bond donors (Lipinski definition) is 3. The van der Waals surface area contributed by atoms with Crippen LogP contribution in [0.3, 0.4) is 0 Å². The molecule has 134 valence electrons. The van der Waals surface area contributed by atoms with Crippen molar-refractivity contribution in [2.45, 2.75) is 18.4 Å². The van der Waals surface area contributed by atoms with Crippen molar-refractivity contribution in [3.63, 3.8) is 0 Å². The van der Waals surface area contributed by atoms with Crippen LogP contribution in [0.1, 0.15) is 28.8 Å². The Hall–Kier alpha value is -2.39. The summed E-state index contributed by atoms with van der Waals surface area (Å²) >= 11 is 6.10. The van der Waals surface area contributed by atoms with E-state index in [1.165, 1.54) is 0 Å². The molecule has 1 aliphatic heterocycles. The third kappa shape index (κ3) is 4.23. The molecule has 0 aromatic heterocycles. The van der Waals surface area contributed by atoms with E-state index in [2.05, 4.69) is 10.6 Å². The number of aliphatic hydroxyl groups is 1. The summed E-state index contributed by atoms with van der Waals surface area (Å²) in [5.74, 6) is -0.231. The third-order valence-electron chi connectivity index (χ3n) is 4.58. The monoisotopic (exact) mass is 369 g/mol. The minimum Gasteiger partial charge on any atom is -0.387 e. The predicted octanol–water partition coefficient (Wildman–Crippen LogP) is 2.72. The summed E-state index contributed by atoms with van der Waals surface area (Å²) < 4.78 is 0. The number of nitrogens with one attached hydrogen (secondary N) is 2. The van der Waals surface area contributed by atoms with Crippen LogP contribution < -0.4 is 10.6 Å². The van der Waals surface area contributed by atoms with Crippen molar-refractivity contribution in [3.8, 4) is 17.2 Å². The van der Waals surface area contributed by atoms with Crippen LogP contribution in [-0.2, 0) is 0 Å². The van der Waals surface area contributed by atoms with Crippen LogP contribution in [0, 0.1) is 11.3 Å². The van der Waals surface area contributed by atoms with Crippen molar-refractivity contribution in [2.75, 3.05) is 19.6 Å². The summed E-state index contributed by atoms with van der Waals surface area (Å²) in [6, 6.07) is 14.4. The van der Waals surface area contributed by atoms with Gasteiger partial charge in [0.2, 0.25) is 0 Å². The third-order valence-corrected chi connectivity index (χ3v) is 4.89. The van der Waals surface area contributed by atoms with E-state index in [0.29, 0.717) is 29.1 Å². The Bertz CT molecular complexity index is 854. The number of benzene rings is 2. The lowest BCUT2D eigenvalue weighted by Gasteiger charge is -2.32. The van der Waals surface area contributed by atoms with Crippen LogP contribution >= 0.6 is 11.6 Å². The second-order valence-electron chi connectivity index (χ2n) is 6.57. The first-order valence-corrected chi connectivity index (χ1v) is 8.90. The van der Waals surface area contributed by atoms with Crippen LogP contribution in [0.15, 0.2) is 42.5 Å². The maximum absolute atomic E-state index is 12.5. The quantitative estimate of drug-likeness (QED) is 0.773. The summed E-state index contributed by atoms with van der Waals surface area (Å²) in [6.45, 7) is 1.59. The Kier molecular flexibility index (Phi) is 5.58. The van der Waals surface area contributed by atoms with Gasteiger partial charge in [-0.15, -0.1) is 0 Å². The van der Waals surface area contributed by atoms with Gasteiger partial charge in [0.25, 0.3) is 5.91 Å². The van der Waals surface area contributed by atoms with Gasteiger partial charge in [-0.05, 0) is 54.8 Å². The van der Waals surface area contributed by atoms with Crippen molar-refractivity contribution in [2.24, 2.45) is 0 Å². The van der Waals surface area contributed by atoms with Crippen molar-refractivity contribution < 1.29 is 9.90 Å². The number of β-amino-alcohol motifs (C(OH)–C–C–N with tert-alkyl or cyclic N) is 1. The summed E-state index contributed by atoms with van der Waals surface area (Å²) in [7, 11) is 0. The first kappa shape index (κ1) is 18.4. The second kappa shape index (κ2) is 7.88. The van der Waals surface area contributed by atoms with Gasteiger partial charge < -0.3 is 15.7 Å². The minimum atomic E-state index is -0.897. The zero-order valence-electron chi connectivity index (χ0n) is 14.3. The Morgan fingerprint density at radius 3 is 2.81 bits per heavy atom. The molecule has 0 aliphatic carbocycles. The van der Waals surface area contributed by atoms with Gasteiger partial charge in [-0.1, -0.05) is 29.8 Å². The maximum Gasteiger partial charge on any atom is 0.251 e. The SMILES string of the molecule is N#Cc1ccc(-c2cccc(C(=O)NC[C@@]3(O)CCCNC3)c2)cc1Cl. The van der Waals surface area contributed by atoms with Gasteiger partial charge in [0, 0.05) is 18.7 Å². The number of carbonyl (C=O) groups is 1. The molecule has 5 nitrogen and oxygen atoms in total. The molecule has 1 atom stereocenters. The number of nitriles is 1. The van der Waals surface area contributed by atoms with E-state index >= 15 is 0 Å². The van der Waals surface area contributed by atoms with Gasteiger partial charge in [-0.3, -0.25) is 4.79 Å². The fourth-order valence-electron chi connectivity index (χ4n) is 3.07. The second-order valence-corrected chi connectivity index (χ2v) is 6.98. The summed E-state index contributed by atoms with van der Waals surface area (Å²) in [5.41, 5.74) is 1.70. The number of amides is 1. The van der Waals surface area contributed by atoms with E-state index in [9.17, 15) is 9.90 Å². The largest absolute Gasteiger partial charge is 0.387 e. The lowest BCUT2D eigenvalue weighted by Crippen LogP contribution is -2.52. The molecule has 6 heteroatoms. The Balaban J connectivity index is 1.73. The topological polar surface area (TPSA) is 85.2 Å². The zero-order valence-corrected chi connectivity index (χ0v) is 15.0. The highest BCUT2D eigenvalue weighted by molar-refractivity contribution is 6.32. The molecule has 1 amide bonds. The Morgan fingerprint density at radius 1 is 1.31 bits per heavy atom. The van der Waals surface area contributed by atoms with Crippen molar-refractivity contribution >= 4 is 17.5 Å². The zero-order chi connectivity index (χ0) is 18.6. The number of piperidine rings is 1. The van der Waals surface area contributed by atoms with Gasteiger partial charge >= 0.3 is 0 Å². The lowest BCUT2D eigenvalue weighted by atomic mass is 9.94. The molecular formula is C20H20ClN3O2. The Morgan fingerprint density at radius 2 is 2.12 bits per heavy atom. The fraction of sp³-hybridized carbons (Fsp3) is 0.300. The van der Waals surface area contributed by atoms with E-state index in [1.54, 1.807) is 36.4 Å². The van der Waals surface area contributed by atoms with E-state index in [0.717, 1.165) is 24.1 Å². The number of carbonyl (C=O) groups excluding carboxylic acids is 1. The molecule has 3 rings (SSSR count). The summed E-state index contributed by atoms with van der Waals surface area (Å²) in [4.78, 5) is 12.5. The highest BCUT2D eigenvalue weighted by Gasteiger charge is 2.29. The molecule has 3 N–H and O–H groups in total.